The van der Waals surface area contributed by atoms with Crippen molar-refractivity contribution in [2.24, 2.45) is 10.4 Å². The molecule has 146 valence electrons. The van der Waals surface area contributed by atoms with Crippen LogP contribution >= 0.6 is 11.6 Å². The van der Waals surface area contributed by atoms with Crippen LogP contribution in [0.2, 0.25) is 5.02 Å². The summed E-state index contributed by atoms with van der Waals surface area (Å²) in [5.41, 5.74) is -0.217. The molecule has 9 heteroatoms. The van der Waals surface area contributed by atoms with Crippen LogP contribution in [-0.2, 0) is 11.3 Å². The number of carbonyl (C=O) groups excluding carboxylic acids is 1. The van der Waals surface area contributed by atoms with E-state index in [2.05, 4.69) is 25.7 Å². The Morgan fingerprint density at radius 3 is 2.62 bits per heavy atom. The minimum atomic E-state index is -2.93. The largest absolute Gasteiger partial charge is 0.434 e. The molecule has 0 bridgehead atoms. The first-order valence-corrected chi connectivity index (χ1v) is 8.55. The molecule has 0 aliphatic carbocycles. The molecule has 26 heavy (non-hydrogen) atoms. The van der Waals surface area contributed by atoms with Crippen LogP contribution in [-0.4, -0.2) is 38.6 Å². The predicted molar refractivity (Wildman–Crippen MR) is 98.8 cm³/mol. The van der Waals surface area contributed by atoms with Crippen LogP contribution in [0, 0.1) is 5.41 Å². The quantitative estimate of drug-likeness (QED) is 0.471. The Kier molecular flexibility index (Phi) is 8.57. The number of guanidine groups is 1. The van der Waals surface area contributed by atoms with Crippen LogP contribution in [0.5, 0.6) is 5.75 Å². The van der Waals surface area contributed by atoms with Gasteiger partial charge in [-0.1, -0.05) is 11.6 Å². The van der Waals surface area contributed by atoms with Gasteiger partial charge in [-0.25, -0.2) is 4.99 Å². The highest BCUT2D eigenvalue weighted by molar-refractivity contribution is 6.30. The molecular weight excluding hydrogens is 366 g/mol. The second-order valence-corrected chi connectivity index (χ2v) is 6.58. The predicted octanol–water partition coefficient (Wildman–Crippen LogP) is 2.77. The average Bonchev–Trinajstić information content (AvgIpc) is 2.58. The van der Waals surface area contributed by atoms with Crippen molar-refractivity contribution in [1.29, 1.82) is 0 Å². The number of alkyl halides is 2. The zero-order valence-corrected chi connectivity index (χ0v) is 16.1. The van der Waals surface area contributed by atoms with Gasteiger partial charge in [-0.3, -0.25) is 4.79 Å². The monoisotopic (exact) mass is 390 g/mol. The first-order chi connectivity index (χ1) is 12.2. The van der Waals surface area contributed by atoms with E-state index >= 15 is 0 Å². The third-order valence-electron chi connectivity index (χ3n) is 3.53. The fraction of sp³-hybridized carbons (Fsp3) is 0.529. The average molecular weight is 391 g/mol. The lowest BCUT2D eigenvalue weighted by Crippen LogP contribution is -2.47. The summed E-state index contributed by atoms with van der Waals surface area (Å²) in [6, 6.07) is 4.39. The number of aliphatic imine (C=N–C) groups is 1. The van der Waals surface area contributed by atoms with Gasteiger partial charge >= 0.3 is 6.61 Å². The van der Waals surface area contributed by atoms with E-state index in [1.807, 2.05) is 6.92 Å². The normalized spacial score (nSPS) is 12.1. The molecule has 1 aromatic carbocycles. The van der Waals surface area contributed by atoms with Gasteiger partial charge in [-0.2, -0.15) is 8.78 Å². The highest BCUT2D eigenvalue weighted by atomic mass is 35.5. The maximum absolute atomic E-state index is 12.5. The molecule has 0 spiro atoms. The molecule has 0 unspecified atom stereocenters. The summed E-state index contributed by atoms with van der Waals surface area (Å²) in [4.78, 5) is 16.2. The van der Waals surface area contributed by atoms with Crippen LogP contribution in [0.4, 0.5) is 8.78 Å². The van der Waals surface area contributed by atoms with E-state index in [1.54, 1.807) is 20.9 Å². The van der Waals surface area contributed by atoms with Gasteiger partial charge in [0.2, 0.25) is 5.91 Å². The molecular formula is C17H25ClF2N4O2. The van der Waals surface area contributed by atoms with Gasteiger partial charge in [0.15, 0.2) is 5.96 Å². The van der Waals surface area contributed by atoms with Crippen molar-refractivity contribution in [2.45, 2.75) is 33.9 Å². The van der Waals surface area contributed by atoms with Crippen LogP contribution < -0.4 is 20.7 Å². The summed E-state index contributed by atoms with van der Waals surface area (Å²) in [6.45, 7) is 3.58. The van der Waals surface area contributed by atoms with E-state index in [9.17, 15) is 13.6 Å². The van der Waals surface area contributed by atoms with E-state index in [4.69, 9.17) is 11.6 Å². The Morgan fingerprint density at radius 2 is 2.04 bits per heavy atom. The van der Waals surface area contributed by atoms with Gasteiger partial charge < -0.3 is 20.7 Å². The van der Waals surface area contributed by atoms with Gasteiger partial charge in [0.1, 0.15) is 5.75 Å². The van der Waals surface area contributed by atoms with Gasteiger partial charge in [0, 0.05) is 30.7 Å². The zero-order valence-electron chi connectivity index (χ0n) is 15.3. The SMILES string of the molecule is CCNC(=NCc1cc(Cl)ccc1OC(F)F)NCC(C)(C)C(=O)NC. The number of benzene rings is 1. The molecule has 0 saturated carbocycles. The van der Waals surface area contributed by atoms with Crippen LogP contribution in [0.15, 0.2) is 23.2 Å². The highest BCUT2D eigenvalue weighted by Gasteiger charge is 2.26. The number of ether oxygens (including phenoxy) is 1. The Labute approximate surface area is 157 Å². The number of nitrogens with one attached hydrogen (secondary N) is 3. The summed E-state index contributed by atoms with van der Waals surface area (Å²) in [7, 11) is 1.58. The Bertz CT molecular complexity index is 639. The van der Waals surface area contributed by atoms with E-state index in [0.29, 0.717) is 29.6 Å². The number of hydrogen-bond acceptors (Lipinski definition) is 3. The number of rotatable bonds is 8. The number of carbonyl (C=O) groups is 1. The molecule has 0 aliphatic rings. The molecule has 0 heterocycles. The maximum Gasteiger partial charge on any atom is 0.387 e. The Hall–Kier alpha value is -2.09. The molecule has 0 fully saturated rings. The maximum atomic E-state index is 12.5. The standard InChI is InChI=1S/C17H25ClF2N4O2/c1-5-22-16(24-10-17(2,3)14(25)21-4)23-9-11-8-12(18)6-7-13(11)26-15(19)20/h6-8,15H,5,9-10H2,1-4H3,(H,21,25)(H2,22,23,24). The first kappa shape index (κ1) is 22.0. The van der Waals surface area contributed by atoms with Crippen molar-refractivity contribution >= 4 is 23.5 Å². The number of halogens is 3. The topological polar surface area (TPSA) is 74.8 Å². The zero-order chi connectivity index (χ0) is 19.7. The second-order valence-electron chi connectivity index (χ2n) is 6.14. The Balaban J connectivity index is 2.90. The van der Waals surface area contributed by atoms with Crippen molar-refractivity contribution in [3.8, 4) is 5.75 Å². The molecule has 1 aromatic rings. The van der Waals surface area contributed by atoms with Crippen molar-refractivity contribution in [2.75, 3.05) is 20.1 Å². The Morgan fingerprint density at radius 1 is 1.35 bits per heavy atom. The number of hydrogen-bond donors (Lipinski definition) is 3. The molecule has 0 saturated heterocycles. The van der Waals surface area contributed by atoms with Crippen molar-refractivity contribution < 1.29 is 18.3 Å². The lowest BCUT2D eigenvalue weighted by atomic mass is 9.92. The van der Waals surface area contributed by atoms with Crippen LogP contribution in [0.25, 0.3) is 0 Å². The van der Waals surface area contributed by atoms with Gasteiger partial charge in [0.25, 0.3) is 0 Å². The summed E-state index contributed by atoms with van der Waals surface area (Å²) in [5.74, 6) is 0.366. The summed E-state index contributed by atoms with van der Waals surface area (Å²) >= 11 is 5.93. The molecule has 0 aromatic heterocycles. The van der Waals surface area contributed by atoms with Crippen molar-refractivity contribution in [3.05, 3.63) is 28.8 Å². The molecule has 1 rings (SSSR count). The first-order valence-electron chi connectivity index (χ1n) is 8.17. The third kappa shape index (κ3) is 7.03. The van der Waals surface area contributed by atoms with Crippen molar-refractivity contribution in [3.63, 3.8) is 0 Å². The van der Waals surface area contributed by atoms with Crippen molar-refractivity contribution in [1.82, 2.24) is 16.0 Å². The van der Waals surface area contributed by atoms with Crippen LogP contribution in [0.1, 0.15) is 26.3 Å². The van der Waals surface area contributed by atoms with Gasteiger partial charge in [-0.15, -0.1) is 0 Å². The third-order valence-corrected chi connectivity index (χ3v) is 3.76. The lowest BCUT2D eigenvalue weighted by molar-refractivity contribution is -0.128. The highest BCUT2D eigenvalue weighted by Crippen LogP contribution is 2.25. The number of nitrogens with zero attached hydrogens (tertiary/aromatic N) is 1. The molecule has 3 N–H and O–H groups in total. The fourth-order valence-corrected chi connectivity index (χ4v) is 2.31. The molecule has 0 radical (unpaired) electrons. The lowest BCUT2D eigenvalue weighted by Gasteiger charge is -2.24. The smallest absolute Gasteiger partial charge is 0.387 e. The van der Waals surface area contributed by atoms with E-state index < -0.39 is 12.0 Å². The molecule has 0 atom stereocenters. The molecule has 0 aliphatic heterocycles. The summed E-state index contributed by atoms with van der Waals surface area (Å²) < 4.78 is 29.6. The minimum absolute atomic E-state index is 0.0229. The molecule has 1 amide bonds. The van der Waals surface area contributed by atoms with E-state index in [0.717, 1.165) is 0 Å². The second kappa shape index (κ2) is 10.2. The van der Waals surface area contributed by atoms with E-state index in [1.165, 1.54) is 18.2 Å². The molecule has 6 nitrogen and oxygen atoms in total. The number of amides is 1. The van der Waals surface area contributed by atoms with E-state index in [-0.39, 0.29) is 18.2 Å². The van der Waals surface area contributed by atoms with Gasteiger partial charge in [-0.05, 0) is 39.0 Å². The summed E-state index contributed by atoms with van der Waals surface area (Å²) in [6.07, 6.45) is 0. The van der Waals surface area contributed by atoms with Crippen LogP contribution in [0.3, 0.4) is 0 Å². The summed E-state index contributed by atoms with van der Waals surface area (Å²) in [5, 5.41) is 9.13. The van der Waals surface area contributed by atoms with Gasteiger partial charge in [0.05, 0.1) is 12.0 Å². The minimum Gasteiger partial charge on any atom is -0.434 e. The fourth-order valence-electron chi connectivity index (χ4n) is 2.11.